The van der Waals surface area contributed by atoms with Gasteiger partial charge >= 0.3 is 0 Å². The minimum atomic E-state index is 1.18. The quantitative estimate of drug-likeness (QED) is 0.385. The molecule has 0 spiro atoms. The van der Waals surface area contributed by atoms with Crippen molar-refractivity contribution >= 4 is 0 Å². The van der Waals surface area contributed by atoms with Crippen LogP contribution in [0.2, 0.25) is 0 Å². The highest BCUT2D eigenvalue weighted by molar-refractivity contribution is 5.01. The molecule has 2 heteroatoms. The van der Waals surface area contributed by atoms with Crippen LogP contribution in [0.5, 0.6) is 0 Å². The summed E-state index contributed by atoms with van der Waals surface area (Å²) in [6.07, 6.45) is 14.1. The second-order valence-corrected chi connectivity index (χ2v) is 4.74. The van der Waals surface area contributed by atoms with E-state index in [0.29, 0.717) is 0 Å². The molecule has 100 valence electrons. The topological polar surface area (TPSA) is 27.7 Å². The third-order valence-electron chi connectivity index (χ3n) is 3.03. The largest absolute Gasteiger partial charge is 0.512 e. The molecule has 0 saturated carbocycles. The summed E-state index contributed by atoms with van der Waals surface area (Å²) >= 11 is 0. The number of unbranched alkanes of at least 4 members (excludes halogenated alkanes) is 6. The van der Waals surface area contributed by atoms with E-state index in [2.05, 4.69) is 42.9 Å². The zero-order valence-electron chi connectivity index (χ0n) is 11.9. The van der Waals surface area contributed by atoms with E-state index < -0.39 is 0 Å². The van der Waals surface area contributed by atoms with Gasteiger partial charge in [0.2, 0.25) is 0 Å². The van der Waals surface area contributed by atoms with Crippen LogP contribution in [0.1, 0.15) is 57.4 Å². The molecule has 1 aromatic rings. The molecule has 1 rings (SSSR count). The Hall–Kier alpha value is -1.36. The van der Waals surface area contributed by atoms with Crippen molar-refractivity contribution in [2.75, 3.05) is 0 Å². The Labute approximate surface area is 112 Å². The van der Waals surface area contributed by atoms with Gasteiger partial charge in [-0.25, -0.2) is 4.57 Å². The predicted molar refractivity (Wildman–Crippen MR) is 74.3 cm³/mol. The number of nitrogens with zero attached hydrogens (tertiary/aromatic N) is 2. The first-order valence-corrected chi connectivity index (χ1v) is 7.01. The Kier molecular flexibility index (Phi) is 11.2. The molecule has 1 heterocycles. The van der Waals surface area contributed by atoms with Gasteiger partial charge in [0.1, 0.15) is 6.54 Å². The second kappa shape index (κ2) is 12.1. The number of hydrogen-bond donors (Lipinski definition) is 0. The fourth-order valence-corrected chi connectivity index (χ4v) is 2.04. The first-order valence-electron chi connectivity index (χ1n) is 7.01. The number of aryl methyl sites for hydroxylation is 2. The first kappa shape index (κ1) is 16.6. The lowest BCUT2D eigenvalue weighted by atomic mass is 10.1. The molecule has 0 bridgehead atoms. The van der Waals surface area contributed by atoms with Crippen LogP contribution in [-0.4, -0.2) is 0 Å². The highest BCUT2D eigenvalue weighted by atomic mass is 14.9. The van der Waals surface area contributed by atoms with E-state index in [-0.39, 0.29) is 0 Å². The summed E-state index contributed by atoms with van der Waals surface area (Å²) in [5.41, 5.74) is 1.35. The third-order valence-corrected chi connectivity index (χ3v) is 3.03. The summed E-state index contributed by atoms with van der Waals surface area (Å²) in [7, 11) is 0. The van der Waals surface area contributed by atoms with Crippen molar-refractivity contribution in [2.24, 2.45) is 0 Å². The van der Waals surface area contributed by atoms with Crippen molar-refractivity contribution in [2.45, 2.75) is 65.3 Å². The van der Waals surface area contributed by atoms with Crippen LogP contribution in [0.4, 0.5) is 0 Å². The van der Waals surface area contributed by atoms with E-state index >= 15 is 0 Å². The van der Waals surface area contributed by atoms with Gasteiger partial charge in [0.05, 0.1) is 0 Å². The average molecular weight is 246 g/mol. The minimum Gasteiger partial charge on any atom is -0.512 e. The van der Waals surface area contributed by atoms with Crippen LogP contribution in [0.3, 0.4) is 0 Å². The second-order valence-electron chi connectivity index (χ2n) is 4.74. The average Bonchev–Trinajstić information content (AvgIpc) is 2.40. The van der Waals surface area contributed by atoms with Gasteiger partial charge in [0, 0.05) is 18.1 Å². The van der Waals surface area contributed by atoms with Gasteiger partial charge in [0.15, 0.2) is 12.4 Å². The Morgan fingerprint density at radius 1 is 1.06 bits per heavy atom. The molecule has 0 fully saturated rings. The number of hydrogen-bond acceptors (Lipinski definition) is 1. The lowest BCUT2D eigenvalue weighted by Gasteiger charge is -2.00. The molecular formula is C16H26N2. The molecule has 0 amide bonds. The lowest BCUT2D eigenvalue weighted by molar-refractivity contribution is -0.697. The summed E-state index contributed by atoms with van der Waals surface area (Å²) in [4.78, 5) is 0. The van der Waals surface area contributed by atoms with Crippen LogP contribution in [0.15, 0.2) is 24.5 Å². The highest BCUT2D eigenvalue weighted by Crippen LogP contribution is 2.06. The Morgan fingerprint density at radius 2 is 1.67 bits per heavy atom. The van der Waals surface area contributed by atoms with Gasteiger partial charge in [-0.1, -0.05) is 39.0 Å². The molecule has 0 radical (unpaired) electrons. The van der Waals surface area contributed by atoms with Crippen molar-refractivity contribution in [1.82, 2.24) is 0 Å². The molecule has 0 aliphatic rings. The molecule has 18 heavy (non-hydrogen) atoms. The van der Waals surface area contributed by atoms with Crippen molar-refractivity contribution in [3.8, 4) is 0 Å². The molecule has 0 saturated heterocycles. The maximum Gasteiger partial charge on any atom is 0.171 e. The fraction of sp³-hybridized carbons (Fsp3) is 0.625. The molecule has 0 atom stereocenters. The van der Waals surface area contributed by atoms with E-state index in [1.807, 2.05) is 0 Å². The molecule has 0 aliphatic heterocycles. The summed E-state index contributed by atoms with van der Waals surface area (Å²) in [5.74, 6) is 0. The van der Waals surface area contributed by atoms with Crippen molar-refractivity contribution in [1.29, 1.82) is 5.26 Å². The van der Waals surface area contributed by atoms with Crippen molar-refractivity contribution in [3.05, 3.63) is 36.7 Å². The van der Waals surface area contributed by atoms with Gasteiger partial charge in [-0.15, -0.1) is 0 Å². The van der Waals surface area contributed by atoms with E-state index in [9.17, 15) is 0 Å². The minimum absolute atomic E-state index is 1.18. The van der Waals surface area contributed by atoms with Gasteiger partial charge in [-0.05, 0) is 19.4 Å². The monoisotopic (exact) mass is 246 g/mol. The zero-order chi connectivity index (χ0) is 13.6. The zero-order valence-corrected chi connectivity index (χ0v) is 11.9. The number of aromatic nitrogens is 1. The van der Waals surface area contributed by atoms with Crippen molar-refractivity contribution < 1.29 is 4.57 Å². The van der Waals surface area contributed by atoms with Gasteiger partial charge < -0.3 is 11.8 Å². The predicted octanol–water partition coefficient (Wildman–Crippen LogP) is 4.13. The SMILES string of the molecule is CCCCCCCCC[n+]1cccc(C)c1.[C-]#N. The number of rotatable bonds is 8. The Balaban J connectivity index is 0.00000137. The van der Waals surface area contributed by atoms with Gasteiger partial charge in [-0.2, -0.15) is 0 Å². The van der Waals surface area contributed by atoms with Crippen LogP contribution < -0.4 is 4.57 Å². The summed E-state index contributed by atoms with van der Waals surface area (Å²) in [5, 5.41) is 6.25. The maximum atomic E-state index is 6.25. The van der Waals surface area contributed by atoms with Crippen LogP contribution >= 0.6 is 0 Å². The summed E-state index contributed by atoms with van der Waals surface area (Å²) in [6.45, 7) is 10.4. The molecule has 0 aliphatic carbocycles. The molecule has 2 nitrogen and oxygen atoms in total. The van der Waals surface area contributed by atoms with E-state index in [1.165, 1.54) is 57.1 Å². The third kappa shape index (κ3) is 8.75. The van der Waals surface area contributed by atoms with Gasteiger partial charge in [0.25, 0.3) is 0 Å². The fourth-order valence-electron chi connectivity index (χ4n) is 2.04. The van der Waals surface area contributed by atoms with E-state index in [4.69, 9.17) is 11.8 Å². The van der Waals surface area contributed by atoms with Crippen molar-refractivity contribution in [3.63, 3.8) is 0 Å². The molecular weight excluding hydrogens is 220 g/mol. The van der Waals surface area contributed by atoms with Crippen LogP contribution in [0.25, 0.3) is 0 Å². The van der Waals surface area contributed by atoms with Crippen LogP contribution in [0, 0.1) is 18.8 Å². The Bertz CT molecular complexity index is 318. The Morgan fingerprint density at radius 3 is 2.28 bits per heavy atom. The summed E-state index contributed by atoms with van der Waals surface area (Å²) in [6, 6.07) is 4.29. The van der Waals surface area contributed by atoms with E-state index in [1.54, 1.807) is 0 Å². The molecule has 0 N–H and O–H groups in total. The van der Waals surface area contributed by atoms with Crippen LogP contribution in [-0.2, 0) is 6.54 Å². The molecule has 1 aromatic heterocycles. The molecule has 0 aromatic carbocycles. The van der Waals surface area contributed by atoms with Gasteiger partial charge in [-0.3, -0.25) is 0 Å². The standard InChI is InChI=1S/C15H26N.CN/c1-3-4-5-6-7-8-9-12-16-13-10-11-15(2)14-16;1-2/h10-11,13-14H,3-9,12H2,1-2H3;/q+1;-1. The normalized spacial score (nSPS) is 9.56. The number of pyridine rings is 1. The summed E-state index contributed by atoms with van der Waals surface area (Å²) < 4.78 is 2.31. The maximum absolute atomic E-state index is 6.25. The molecule has 0 unspecified atom stereocenters. The smallest absolute Gasteiger partial charge is 0.171 e. The lowest BCUT2D eigenvalue weighted by Crippen LogP contribution is -2.32. The highest BCUT2D eigenvalue weighted by Gasteiger charge is 1.99. The first-order chi connectivity index (χ1) is 8.83. The van der Waals surface area contributed by atoms with E-state index in [0.717, 1.165) is 0 Å².